The predicted molar refractivity (Wildman–Crippen MR) is 125 cm³/mol. The number of hydrogen-bond donors (Lipinski definition) is 0. The topological polar surface area (TPSA) is 45.7 Å². The lowest BCUT2D eigenvalue weighted by molar-refractivity contribution is 0.0987. The van der Waals surface area contributed by atoms with Crippen LogP contribution in [0.15, 0.2) is 60.7 Å². The van der Waals surface area contributed by atoms with E-state index in [2.05, 4.69) is 4.90 Å². The highest BCUT2D eigenvalue weighted by Gasteiger charge is 2.23. The van der Waals surface area contributed by atoms with Crippen molar-refractivity contribution in [1.82, 2.24) is 9.88 Å². The van der Waals surface area contributed by atoms with Gasteiger partial charge in [0, 0.05) is 12.1 Å². The van der Waals surface area contributed by atoms with Crippen LogP contribution in [0.1, 0.15) is 16.8 Å². The SMILES string of the molecule is COc1cccc2sc(N(CCCN(C)C)C(=O)c3cccc4ccccc34)nc12. The van der Waals surface area contributed by atoms with E-state index in [9.17, 15) is 4.79 Å². The second-order valence-corrected chi connectivity index (χ2v) is 8.45. The first-order chi connectivity index (χ1) is 14.6. The Morgan fingerprint density at radius 2 is 1.77 bits per heavy atom. The fourth-order valence-corrected chi connectivity index (χ4v) is 4.59. The normalized spacial score (nSPS) is 11.3. The summed E-state index contributed by atoms with van der Waals surface area (Å²) in [6.07, 6.45) is 0.858. The smallest absolute Gasteiger partial charge is 0.260 e. The van der Waals surface area contributed by atoms with E-state index in [1.54, 1.807) is 7.11 Å². The average molecular weight is 420 g/mol. The summed E-state index contributed by atoms with van der Waals surface area (Å²) in [7, 11) is 5.72. The quantitative estimate of drug-likeness (QED) is 0.420. The average Bonchev–Trinajstić information content (AvgIpc) is 3.19. The number of hydrogen-bond acceptors (Lipinski definition) is 5. The maximum Gasteiger partial charge on any atom is 0.260 e. The van der Waals surface area contributed by atoms with E-state index >= 15 is 0 Å². The van der Waals surface area contributed by atoms with Crippen molar-refractivity contribution < 1.29 is 9.53 Å². The molecule has 0 bridgehead atoms. The molecule has 0 aliphatic rings. The second kappa shape index (κ2) is 8.81. The van der Waals surface area contributed by atoms with E-state index in [1.165, 1.54) is 11.3 Å². The predicted octanol–water partition coefficient (Wildman–Crippen LogP) is 5.06. The van der Waals surface area contributed by atoms with Crippen molar-refractivity contribution in [3.8, 4) is 5.75 Å². The molecule has 0 atom stereocenters. The molecule has 0 unspecified atom stereocenters. The Morgan fingerprint density at radius 3 is 2.57 bits per heavy atom. The van der Waals surface area contributed by atoms with Crippen molar-refractivity contribution in [1.29, 1.82) is 0 Å². The summed E-state index contributed by atoms with van der Waals surface area (Å²) in [5.41, 5.74) is 1.49. The zero-order valence-corrected chi connectivity index (χ0v) is 18.3. The summed E-state index contributed by atoms with van der Waals surface area (Å²) in [5, 5.41) is 2.72. The summed E-state index contributed by atoms with van der Waals surface area (Å²) in [6, 6.07) is 19.7. The third-order valence-corrected chi connectivity index (χ3v) is 6.12. The molecule has 5 nitrogen and oxygen atoms in total. The zero-order valence-electron chi connectivity index (χ0n) is 17.5. The fourth-order valence-electron chi connectivity index (χ4n) is 3.58. The first-order valence-electron chi connectivity index (χ1n) is 9.96. The third-order valence-electron chi connectivity index (χ3n) is 5.07. The van der Waals surface area contributed by atoms with Crippen LogP contribution in [-0.2, 0) is 0 Å². The number of fused-ring (bicyclic) bond motifs is 2. The highest BCUT2D eigenvalue weighted by Crippen LogP contribution is 2.35. The first-order valence-corrected chi connectivity index (χ1v) is 10.8. The van der Waals surface area contributed by atoms with Crippen LogP contribution < -0.4 is 9.64 Å². The van der Waals surface area contributed by atoms with Crippen LogP contribution in [0.2, 0.25) is 0 Å². The van der Waals surface area contributed by atoms with Crippen LogP contribution >= 0.6 is 11.3 Å². The Bertz CT molecular complexity index is 1180. The Kier molecular flexibility index (Phi) is 5.97. The Hall–Kier alpha value is -2.96. The molecule has 1 heterocycles. The first kappa shape index (κ1) is 20.3. The van der Waals surface area contributed by atoms with Gasteiger partial charge in [-0.3, -0.25) is 9.69 Å². The number of rotatable bonds is 7. The zero-order chi connectivity index (χ0) is 21.1. The summed E-state index contributed by atoms with van der Waals surface area (Å²) in [4.78, 5) is 22.4. The minimum atomic E-state index is -0.0245. The highest BCUT2D eigenvalue weighted by atomic mass is 32.1. The van der Waals surface area contributed by atoms with Crippen LogP contribution in [0.3, 0.4) is 0 Å². The largest absolute Gasteiger partial charge is 0.494 e. The molecule has 4 aromatic rings. The molecule has 1 aromatic heterocycles. The van der Waals surface area contributed by atoms with E-state index < -0.39 is 0 Å². The monoisotopic (exact) mass is 419 g/mol. The molecule has 0 spiro atoms. The van der Waals surface area contributed by atoms with Gasteiger partial charge in [0.15, 0.2) is 5.13 Å². The number of para-hydroxylation sites is 1. The molecule has 30 heavy (non-hydrogen) atoms. The summed E-state index contributed by atoms with van der Waals surface area (Å²) in [6.45, 7) is 1.50. The molecular weight excluding hydrogens is 394 g/mol. The van der Waals surface area contributed by atoms with Crippen LogP contribution in [0.4, 0.5) is 5.13 Å². The number of amides is 1. The number of carbonyl (C=O) groups is 1. The van der Waals surface area contributed by atoms with E-state index in [-0.39, 0.29) is 5.91 Å². The maximum absolute atomic E-state index is 13.7. The molecule has 1 amide bonds. The number of nitrogens with zero attached hydrogens (tertiary/aromatic N) is 3. The minimum Gasteiger partial charge on any atom is -0.494 e. The molecule has 4 rings (SSSR count). The van der Waals surface area contributed by atoms with Gasteiger partial charge in [-0.05, 0) is 56.0 Å². The second-order valence-electron chi connectivity index (χ2n) is 7.44. The van der Waals surface area contributed by atoms with Crippen molar-refractivity contribution in [2.24, 2.45) is 0 Å². The maximum atomic E-state index is 13.7. The van der Waals surface area contributed by atoms with Crippen molar-refractivity contribution >= 4 is 43.4 Å². The minimum absolute atomic E-state index is 0.0245. The lowest BCUT2D eigenvalue weighted by Crippen LogP contribution is -2.33. The molecule has 154 valence electrons. The molecule has 3 aromatic carbocycles. The van der Waals surface area contributed by atoms with Crippen molar-refractivity contribution in [3.63, 3.8) is 0 Å². The molecule has 0 saturated heterocycles. The van der Waals surface area contributed by atoms with Gasteiger partial charge < -0.3 is 9.64 Å². The number of thiazole rings is 1. The number of benzene rings is 3. The van der Waals surface area contributed by atoms with Gasteiger partial charge in [0.1, 0.15) is 11.3 Å². The third kappa shape index (κ3) is 4.01. The molecule has 0 N–H and O–H groups in total. The summed E-state index contributed by atoms with van der Waals surface area (Å²) in [5.74, 6) is 0.699. The van der Waals surface area contributed by atoms with Crippen molar-refractivity contribution in [2.75, 3.05) is 39.2 Å². The van der Waals surface area contributed by atoms with Crippen LogP contribution in [0.5, 0.6) is 5.75 Å². The highest BCUT2D eigenvalue weighted by molar-refractivity contribution is 7.22. The molecule has 0 fully saturated rings. The molecule has 6 heteroatoms. The Morgan fingerprint density at radius 1 is 1.00 bits per heavy atom. The van der Waals surface area contributed by atoms with Gasteiger partial charge >= 0.3 is 0 Å². The van der Waals surface area contributed by atoms with Gasteiger partial charge in [-0.1, -0.05) is 53.8 Å². The Labute approximate surface area is 180 Å². The standard InChI is InChI=1S/C24H25N3O2S/c1-26(2)15-8-16-27(24-25-22-20(29-3)13-7-14-21(22)30-24)23(28)19-12-6-10-17-9-4-5-11-18(17)19/h4-7,9-14H,8,15-16H2,1-3H3. The Balaban J connectivity index is 1.77. The van der Waals surface area contributed by atoms with E-state index in [0.29, 0.717) is 17.2 Å². The summed E-state index contributed by atoms with van der Waals surface area (Å²) >= 11 is 1.52. The van der Waals surface area contributed by atoms with Gasteiger partial charge in [-0.25, -0.2) is 4.98 Å². The lowest BCUT2D eigenvalue weighted by atomic mass is 10.0. The number of aromatic nitrogens is 1. The number of ether oxygens (including phenoxy) is 1. The molecule has 0 radical (unpaired) electrons. The van der Waals surface area contributed by atoms with Gasteiger partial charge in [0.05, 0.1) is 11.8 Å². The van der Waals surface area contributed by atoms with Gasteiger partial charge in [-0.15, -0.1) is 0 Å². The molecule has 0 aliphatic carbocycles. The van der Waals surface area contributed by atoms with Crippen LogP contribution in [0.25, 0.3) is 21.0 Å². The van der Waals surface area contributed by atoms with E-state index in [1.807, 2.05) is 79.7 Å². The van der Waals surface area contributed by atoms with Crippen molar-refractivity contribution in [3.05, 3.63) is 66.2 Å². The van der Waals surface area contributed by atoms with E-state index in [4.69, 9.17) is 9.72 Å². The fraction of sp³-hybridized carbons (Fsp3) is 0.250. The molecular formula is C24H25N3O2S. The number of methoxy groups -OCH3 is 1. The van der Waals surface area contributed by atoms with Crippen molar-refractivity contribution in [2.45, 2.75) is 6.42 Å². The van der Waals surface area contributed by atoms with Crippen LogP contribution in [0, 0.1) is 0 Å². The number of anilines is 1. The summed E-state index contributed by atoms with van der Waals surface area (Å²) < 4.78 is 6.48. The number of carbonyl (C=O) groups excluding carboxylic acids is 1. The van der Waals surface area contributed by atoms with Crippen LogP contribution in [-0.4, -0.2) is 50.1 Å². The van der Waals surface area contributed by atoms with Gasteiger partial charge in [-0.2, -0.15) is 0 Å². The van der Waals surface area contributed by atoms with Gasteiger partial charge in [0.25, 0.3) is 5.91 Å². The van der Waals surface area contributed by atoms with Gasteiger partial charge in [0.2, 0.25) is 0 Å². The molecule has 0 saturated carbocycles. The lowest BCUT2D eigenvalue weighted by Gasteiger charge is -2.22. The van der Waals surface area contributed by atoms with E-state index in [0.717, 1.165) is 39.7 Å². The molecule has 0 aliphatic heterocycles.